The molecule has 4 nitrogen and oxygen atoms in total. The molecule has 0 aliphatic rings. The number of methoxy groups -OCH3 is 1. The summed E-state index contributed by atoms with van der Waals surface area (Å²) in [5, 5.41) is 5.51. The lowest BCUT2D eigenvalue weighted by Crippen LogP contribution is -3.00. The van der Waals surface area contributed by atoms with Crippen molar-refractivity contribution in [3.63, 3.8) is 0 Å². The summed E-state index contributed by atoms with van der Waals surface area (Å²) in [5.74, 6) is 0.204. The van der Waals surface area contributed by atoms with Crippen LogP contribution in [0.3, 0.4) is 0 Å². The van der Waals surface area contributed by atoms with E-state index in [4.69, 9.17) is 10.1 Å². The van der Waals surface area contributed by atoms with Crippen molar-refractivity contribution in [3.8, 4) is 0 Å². The first-order valence-electron chi connectivity index (χ1n) is 3.92. The number of hydrogen-bond donors (Lipinski definition) is 1. The maximum atomic E-state index is 11.2. The van der Waals surface area contributed by atoms with Gasteiger partial charge in [-0.3, -0.25) is 0 Å². The lowest BCUT2D eigenvalue weighted by Gasteiger charge is -2.00. The number of sulfone groups is 1. The van der Waals surface area contributed by atoms with Crippen molar-refractivity contribution in [1.29, 1.82) is 0 Å². The highest BCUT2D eigenvalue weighted by Gasteiger charge is 2.12. The van der Waals surface area contributed by atoms with Crippen molar-refractivity contribution < 1.29 is 31.0 Å². The third kappa shape index (κ3) is 3.53. The Kier molecular flexibility index (Phi) is 4.77. The van der Waals surface area contributed by atoms with E-state index in [2.05, 4.69) is 0 Å². The number of halogens is 1. The van der Waals surface area contributed by atoms with Crippen LogP contribution >= 0.6 is 0 Å². The molecule has 84 valence electrons. The Balaban J connectivity index is 0.00000196. The number of benzene rings is 1. The molecular weight excluding hydrogens is 238 g/mol. The van der Waals surface area contributed by atoms with Crippen LogP contribution < -0.4 is 17.8 Å². The molecular formula is C9H12ClNO3S. The summed E-state index contributed by atoms with van der Waals surface area (Å²) in [6.45, 7) is 0. The molecule has 0 amide bonds. The highest BCUT2D eigenvalue weighted by atomic mass is 35.5. The van der Waals surface area contributed by atoms with Crippen molar-refractivity contribution in [2.45, 2.75) is 4.90 Å². The molecule has 2 N–H and O–H groups in total. The number of ether oxygens (including phenoxy) is 1. The van der Waals surface area contributed by atoms with Gasteiger partial charge in [-0.2, -0.15) is 0 Å². The summed E-state index contributed by atoms with van der Waals surface area (Å²) in [6.07, 6.45) is 1.15. The lowest BCUT2D eigenvalue weighted by molar-refractivity contribution is -0.135. The van der Waals surface area contributed by atoms with Gasteiger partial charge in [0.15, 0.2) is 9.84 Å². The third-order valence-corrected chi connectivity index (χ3v) is 2.88. The molecule has 0 aromatic heterocycles. The molecule has 1 aromatic rings. The van der Waals surface area contributed by atoms with E-state index in [0.29, 0.717) is 5.56 Å². The van der Waals surface area contributed by atoms with Crippen LogP contribution in [0.2, 0.25) is 0 Å². The van der Waals surface area contributed by atoms with Crippen LogP contribution in [0.5, 0.6) is 0 Å². The molecule has 0 unspecified atom stereocenters. The zero-order chi connectivity index (χ0) is 10.8. The quantitative estimate of drug-likeness (QED) is 0.433. The van der Waals surface area contributed by atoms with E-state index in [1.807, 2.05) is 0 Å². The standard InChI is InChI=1S/C9H11NO3S.ClH/c1-13-9(10)7-4-3-5-8(6-7)14(2,11)12;/h3-6,10H,1-2H3;1H. The van der Waals surface area contributed by atoms with Crippen molar-refractivity contribution in [3.05, 3.63) is 29.8 Å². The van der Waals surface area contributed by atoms with Gasteiger partial charge in [0.2, 0.25) is 0 Å². The Labute approximate surface area is 95.1 Å². The lowest BCUT2D eigenvalue weighted by atomic mass is 10.2. The van der Waals surface area contributed by atoms with Crippen molar-refractivity contribution in [2.24, 2.45) is 0 Å². The molecule has 0 radical (unpaired) electrons. The van der Waals surface area contributed by atoms with Crippen LogP contribution in [0.15, 0.2) is 29.2 Å². The zero-order valence-corrected chi connectivity index (χ0v) is 9.97. The van der Waals surface area contributed by atoms with Crippen LogP contribution in [0.1, 0.15) is 5.56 Å². The molecule has 0 aliphatic carbocycles. The van der Waals surface area contributed by atoms with Crippen molar-refractivity contribution in [1.82, 2.24) is 0 Å². The highest BCUT2D eigenvalue weighted by molar-refractivity contribution is 7.90. The molecule has 0 saturated heterocycles. The summed E-state index contributed by atoms with van der Waals surface area (Å²) in [6, 6.07) is 6.31. The van der Waals surface area contributed by atoms with Crippen LogP contribution in [-0.4, -0.2) is 27.7 Å². The number of rotatable bonds is 2. The topological polar surface area (TPSA) is 69.0 Å². The molecule has 0 heterocycles. The Morgan fingerprint density at radius 3 is 2.47 bits per heavy atom. The molecule has 6 heteroatoms. The molecule has 0 atom stereocenters. The SMILES string of the molecule is COC(=[NH2+])c1cccc(S(C)(=O)=O)c1.[Cl-]. The van der Waals surface area contributed by atoms with Gasteiger partial charge in [-0.15, -0.1) is 0 Å². The number of hydrogen-bond acceptors (Lipinski definition) is 3. The normalized spacial score (nSPS) is 10.3. The van der Waals surface area contributed by atoms with E-state index in [9.17, 15) is 8.42 Å². The molecule has 1 aromatic carbocycles. The van der Waals surface area contributed by atoms with Gasteiger partial charge in [-0.25, -0.2) is 13.8 Å². The smallest absolute Gasteiger partial charge is 0.366 e. The van der Waals surface area contributed by atoms with Gasteiger partial charge >= 0.3 is 5.90 Å². The number of nitrogens with two attached hydrogens (primary N) is 1. The van der Waals surface area contributed by atoms with Crippen LogP contribution in [0.4, 0.5) is 0 Å². The summed E-state index contributed by atoms with van der Waals surface area (Å²) >= 11 is 0. The minimum atomic E-state index is -3.19. The second-order valence-electron chi connectivity index (χ2n) is 2.87. The minimum Gasteiger partial charge on any atom is -1.00 e. The van der Waals surface area contributed by atoms with Gasteiger partial charge in [0.25, 0.3) is 0 Å². The average Bonchev–Trinajstić information content (AvgIpc) is 2.15. The maximum Gasteiger partial charge on any atom is 0.366 e. The van der Waals surface area contributed by atoms with E-state index in [0.717, 1.165) is 6.26 Å². The fourth-order valence-corrected chi connectivity index (χ4v) is 1.66. The summed E-state index contributed by atoms with van der Waals surface area (Å²) in [4.78, 5) is 0.231. The highest BCUT2D eigenvalue weighted by Crippen LogP contribution is 2.10. The van der Waals surface area contributed by atoms with Crippen molar-refractivity contribution >= 4 is 15.7 Å². The Morgan fingerprint density at radius 1 is 1.40 bits per heavy atom. The Hall–Kier alpha value is -1.07. The van der Waals surface area contributed by atoms with Crippen LogP contribution in [0.25, 0.3) is 0 Å². The van der Waals surface area contributed by atoms with Gasteiger partial charge in [0.05, 0.1) is 17.6 Å². The Bertz CT molecular complexity index is 456. The third-order valence-electron chi connectivity index (χ3n) is 1.77. The molecule has 0 aliphatic heterocycles. The van der Waals surface area contributed by atoms with Gasteiger partial charge < -0.3 is 17.1 Å². The second kappa shape index (κ2) is 5.14. The maximum absolute atomic E-state index is 11.2. The predicted molar refractivity (Wildman–Crippen MR) is 52.6 cm³/mol. The van der Waals surface area contributed by atoms with Crippen LogP contribution in [0, 0.1) is 0 Å². The minimum absolute atomic E-state index is 0. The zero-order valence-electron chi connectivity index (χ0n) is 8.40. The van der Waals surface area contributed by atoms with E-state index < -0.39 is 9.84 Å². The van der Waals surface area contributed by atoms with Gasteiger partial charge in [-0.05, 0) is 18.2 Å². The predicted octanol–water partition coefficient (Wildman–Crippen LogP) is -3.75. The molecule has 0 fully saturated rings. The largest absolute Gasteiger partial charge is 1.00 e. The van der Waals surface area contributed by atoms with Crippen LogP contribution in [-0.2, 0) is 14.6 Å². The molecule has 0 saturated carbocycles. The van der Waals surface area contributed by atoms with Crippen molar-refractivity contribution in [2.75, 3.05) is 13.4 Å². The first-order chi connectivity index (χ1) is 6.45. The van der Waals surface area contributed by atoms with E-state index in [1.54, 1.807) is 12.1 Å². The molecule has 15 heavy (non-hydrogen) atoms. The summed E-state index contributed by atoms with van der Waals surface area (Å²) < 4.78 is 27.2. The fourth-order valence-electron chi connectivity index (χ4n) is 0.998. The van der Waals surface area contributed by atoms with E-state index >= 15 is 0 Å². The first-order valence-corrected chi connectivity index (χ1v) is 5.81. The first kappa shape index (κ1) is 13.9. The molecule has 0 spiro atoms. The Morgan fingerprint density at radius 2 is 2.00 bits per heavy atom. The summed E-state index contributed by atoms with van der Waals surface area (Å²) in [5.41, 5.74) is 0.565. The van der Waals surface area contributed by atoms with Gasteiger partial charge in [0.1, 0.15) is 0 Å². The molecule has 0 bridgehead atoms. The fraction of sp³-hybridized carbons (Fsp3) is 0.222. The summed E-state index contributed by atoms with van der Waals surface area (Å²) in [7, 11) is -1.76. The van der Waals surface area contributed by atoms with Gasteiger partial charge in [-0.1, -0.05) is 6.07 Å². The second-order valence-corrected chi connectivity index (χ2v) is 4.88. The van der Waals surface area contributed by atoms with Gasteiger partial charge in [0, 0.05) is 6.26 Å². The monoisotopic (exact) mass is 249 g/mol. The average molecular weight is 250 g/mol. The van der Waals surface area contributed by atoms with E-state index in [-0.39, 0.29) is 23.2 Å². The van der Waals surface area contributed by atoms with E-state index in [1.165, 1.54) is 19.2 Å². The molecule has 1 rings (SSSR count).